The first-order valence-corrected chi connectivity index (χ1v) is 13.6. The Morgan fingerprint density at radius 3 is 2.61 bits per heavy atom. The minimum absolute atomic E-state index is 0.0410. The highest BCUT2D eigenvalue weighted by Crippen LogP contribution is 2.32. The highest BCUT2D eigenvalue weighted by atomic mass is 19.1. The molecule has 0 spiro atoms. The summed E-state index contributed by atoms with van der Waals surface area (Å²) in [6, 6.07) is 6.89. The van der Waals surface area contributed by atoms with Gasteiger partial charge in [0.1, 0.15) is 18.1 Å². The van der Waals surface area contributed by atoms with Crippen LogP contribution in [0, 0.1) is 12.7 Å². The predicted molar refractivity (Wildman–Crippen MR) is 142 cm³/mol. The molecule has 4 rings (SSSR count). The van der Waals surface area contributed by atoms with E-state index in [0.717, 1.165) is 31.5 Å². The van der Waals surface area contributed by atoms with Gasteiger partial charge in [0, 0.05) is 52.3 Å². The summed E-state index contributed by atoms with van der Waals surface area (Å²) in [6.45, 7) is 8.52. The number of aromatic nitrogens is 1. The number of methoxy groups -OCH3 is 1. The van der Waals surface area contributed by atoms with Crippen LogP contribution in [0.2, 0.25) is 0 Å². The molecule has 2 saturated heterocycles. The fourth-order valence-electron chi connectivity index (χ4n) is 4.99. The summed E-state index contributed by atoms with van der Waals surface area (Å²) >= 11 is 0. The van der Waals surface area contributed by atoms with Crippen LogP contribution in [0.5, 0.6) is 17.4 Å². The van der Waals surface area contributed by atoms with Crippen molar-refractivity contribution in [3.05, 3.63) is 47.4 Å². The molecule has 208 valence electrons. The van der Waals surface area contributed by atoms with E-state index in [1.165, 1.54) is 18.9 Å². The van der Waals surface area contributed by atoms with E-state index >= 15 is 0 Å². The molecule has 2 fully saturated rings. The lowest BCUT2D eigenvalue weighted by molar-refractivity contribution is -0.0545. The third kappa shape index (κ3) is 7.35. The van der Waals surface area contributed by atoms with Gasteiger partial charge >= 0.3 is 6.09 Å². The van der Waals surface area contributed by atoms with Gasteiger partial charge in [0.25, 0.3) is 0 Å². The van der Waals surface area contributed by atoms with E-state index in [1.807, 2.05) is 26.8 Å². The fraction of sp³-hybridized carbons (Fsp3) is 0.586. The van der Waals surface area contributed by atoms with Gasteiger partial charge in [0.2, 0.25) is 5.88 Å². The Labute approximate surface area is 225 Å². The molecule has 3 heterocycles. The van der Waals surface area contributed by atoms with Gasteiger partial charge in [-0.05, 0) is 70.2 Å². The Bertz CT molecular complexity index is 1070. The third-order valence-corrected chi connectivity index (χ3v) is 7.15. The molecule has 1 amide bonds. The first-order valence-electron chi connectivity index (χ1n) is 13.6. The Balaban J connectivity index is 1.33. The van der Waals surface area contributed by atoms with Crippen molar-refractivity contribution >= 4 is 6.09 Å². The zero-order valence-electron chi connectivity index (χ0n) is 23.0. The lowest BCUT2D eigenvalue weighted by Crippen LogP contribution is -2.42. The van der Waals surface area contributed by atoms with E-state index in [-0.39, 0.29) is 30.3 Å². The molecule has 1 aromatic carbocycles. The molecule has 2 aromatic rings. The molecule has 2 aliphatic heterocycles. The highest BCUT2D eigenvalue weighted by molar-refractivity contribution is 5.67. The molecule has 0 aliphatic carbocycles. The van der Waals surface area contributed by atoms with Crippen molar-refractivity contribution in [3.8, 4) is 17.4 Å². The quantitative estimate of drug-likeness (QED) is 0.412. The van der Waals surface area contributed by atoms with E-state index < -0.39 is 5.82 Å². The second-order valence-corrected chi connectivity index (χ2v) is 10.3. The van der Waals surface area contributed by atoms with Crippen molar-refractivity contribution in [2.24, 2.45) is 0 Å². The maximum absolute atomic E-state index is 15.0. The van der Waals surface area contributed by atoms with Gasteiger partial charge in [-0.25, -0.2) is 14.2 Å². The van der Waals surface area contributed by atoms with Gasteiger partial charge in [-0.1, -0.05) is 6.07 Å². The number of benzene rings is 1. The lowest BCUT2D eigenvalue weighted by atomic mass is 10.1. The molecule has 0 bridgehead atoms. The third-order valence-electron chi connectivity index (χ3n) is 7.15. The maximum Gasteiger partial charge on any atom is 0.410 e. The van der Waals surface area contributed by atoms with Crippen molar-refractivity contribution in [3.63, 3.8) is 0 Å². The number of ether oxygens (including phenoxy) is 4. The molecule has 38 heavy (non-hydrogen) atoms. The summed E-state index contributed by atoms with van der Waals surface area (Å²) in [4.78, 5) is 20.5. The van der Waals surface area contributed by atoms with E-state index in [4.69, 9.17) is 18.9 Å². The summed E-state index contributed by atoms with van der Waals surface area (Å²) < 4.78 is 37.9. The van der Waals surface area contributed by atoms with Crippen LogP contribution in [-0.4, -0.2) is 72.6 Å². The zero-order valence-corrected chi connectivity index (χ0v) is 23.0. The molecule has 9 heteroatoms. The first kappa shape index (κ1) is 28.1. The Morgan fingerprint density at radius 1 is 1.11 bits per heavy atom. The fourth-order valence-corrected chi connectivity index (χ4v) is 4.99. The smallest absolute Gasteiger partial charge is 0.410 e. The van der Waals surface area contributed by atoms with Crippen LogP contribution in [0.25, 0.3) is 0 Å². The van der Waals surface area contributed by atoms with Gasteiger partial charge in [-0.2, -0.15) is 0 Å². The summed E-state index contributed by atoms with van der Waals surface area (Å²) in [7, 11) is 1.75. The maximum atomic E-state index is 15.0. The largest absolute Gasteiger partial charge is 0.490 e. The number of halogens is 1. The highest BCUT2D eigenvalue weighted by Gasteiger charge is 2.26. The number of carbonyl (C=O) groups excluding carboxylic acids is 1. The zero-order chi connectivity index (χ0) is 27.1. The number of nitrogens with zero attached hydrogens (tertiary/aromatic N) is 3. The van der Waals surface area contributed by atoms with Crippen molar-refractivity contribution in [1.29, 1.82) is 0 Å². The van der Waals surface area contributed by atoms with Crippen LogP contribution < -0.4 is 9.47 Å². The number of pyridine rings is 1. The first-order chi connectivity index (χ1) is 18.3. The van der Waals surface area contributed by atoms with E-state index in [9.17, 15) is 9.18 Å². The molecule has 1 aromatic heterocycles. The average Bonchev–Trinajstić information content (AvgIpc) is 2.91. The number of hydrogen-bond donors (Lipinski definition) is 0. The molecule has 1 atom stereocenters. The van der Waals surface area contributed by atoms with Crippen molar-refractivity contribution in [2.75, 3.05) is 33.3 Å². The van der Waals surface area contributed by atoms with Gasteiger partial charge in [0.15, 0.2) is 11.6 Å². The molecular formula is C29H40FN3O5. The Kier molecular flexibility index (Phi) is 9.80. The number of amides is 1. The Hall–Kier alpha value is -2.91. The molecule has 0 N–H and O–H groups in total. The lowest BCUT2D eigenvalue weighted by Gasteiger charge is -2.34. The van der Waals surface area contributed by atoms with Gasteiger partial charge < -0.3 is 23.8 Å². The van der Waals surface area contributed by atoms with Crippen LogP contribution in [0.1, 0.15) is 57.1 Å². The number of carbonyl (C=O) groups is 1. The van der Waals surface area contributed by atoms with Crippen molar-refractivity contribution in [2.45, 2.75) is 77.7 Å². The van der Waals surface area contributed by atoms with Crippen molar-refractivity contribution in [1.82, 2.24) is 14.8 Å². The van der Waals surface area contributed by atoms with Crippen LogP contribution >= 0.6 is 0 Å². The number of likely N-dealkylation sites (tertiary alicyclic amines) is 2. The number of rotatable bonds is 9. The van der Waals surface area contributed by atoms with Gasteiger partial charge in [0.05, 0.1) is 11.7 Å². The summed E-state index contributed by atoms with van der Waals surface area (Å²) in [5.41, 5.74) is 1.62. The molecule has 1 unspecified atom stereocenters. The van der Waals surface area contributed by atoms with E-state index in [0.29, 0.717) is 43.1 Å². The topological polar surface area (TPSA) is 73.4 Å². The van der Waals surface area contributed by atoms with Crippen LogP contribution in [0.4, 0.5) is 9.18 Å². The van der Waals surface area contributed by atoms with E-state index in [1.54, 1.807) is 30.3 Å². The molecule has 2 aliphatic rings. The second-order valence-electron chi connectivity index (χ2n) is 10.3. The average molecular weight is 530 g/mol. The van der Waals surface area contributed by atoms with Crippen molar-refractivity contribution < 1.29 is 28.1 Å². The van der Waals surface area contributed by atoms with Gasteiger partial charge in [-0.15, -0.1) is 0 Å². The Morgan fingerprint density at radius 2 is 1.89 bits per heavy atom. The van der Waals surface area contributed by atoms with Crippen LogP contribution in [-0.2, 0) is 15.9 Å². The van der Waals surface area contributed by atoms with Crippen LogP contribution in [0.3, 0.4) is 0 Å². The standard InChI is InChI=1S/C29H40FN3O5/c1-20(2)36-29(34)33-17-12-23(13-18-33)37-25-10-14-31-28(21(25)3)38-26-9-8-22(19-24(26)30)11-16-32-15-6-5-7-27(32)35-4/h8-10,14,19-20,23,27H,5-7,11-13,15-18H2,1-4H3. The SMILES string of the molecule is COC1CCCCN1CCc1ccc(Oc2nccc(OC3CCN(C(=O)OC(C)C)CC3)c2C)c(F)c1. The number of piperidine rings is 2. The predicted octanol–water partition coefficient (Wildman–Crippen LogP) is 5.71. The summed E-state index contributed by atoms with van der Waals surface area (Å²) in [5.74, 6) is 0.664. The summed E-state index contributed by atoms with van der Waals surface area (Å²) in [5, 5.41) is 0. The molecular weight excluding hydrogens is 489 g/mol. The van der Waals surface area contributed by atoms with E-state index in [2.05, 4.69) is 9.88 Å². The minimum atomic E-state index is -0.419. The molecule has 0 saturated carbocycles. The monoisotopic (exact) mass is 529 g/mol. The second kappa shape index (κ2) is 13.2. The van der Waals surface area contributed by atoms with Gasteiger partial charge in [-0.3, -0.25) is 4.90 Å². The number of hydrogen-bond acceptors (Lipinski definition) is 7. The molecule has 0 radical (unpaired) electrons. The summed E-state index contributed by atoms with van der Waals surface area (Å²) in [6.07, 6.45) is 6.81. The van der Waals surface area contributed by atoms with Crippen LogP contribution in [0.15, 0.2) is 30.5 Å². The minimum Gasteiger partial charge on any atom is -0.490 e. The normalized spacial score (nSPS) is 19.0. The molecule has 8 nitrogen and oxygen atoms in total.